The molecular weight excluding hydrogens is 419 g/mol. The van der Waals surface area contributed by atoms with Crippen molar-refractivity contribution in [1.82, 2.24) is 9.55 Å². The summed E-state index contributed by atoms with van der Waals surface area (Å²) in [7, 11) is 0. The van der Waals surface area contributed by atoms with Crippen molar-refractivity contribution in [2.45, 2.75) is 6.54 Å². The Hall–Kier alpha value is -3.05. The summed E-state index contributed by atoms with van der Waals surface area (Å²) < 4.78 is 16.0. The van der Waals surface area contributed by atoms with Gasteiger partial charge in [-0.05, 0) is 53.6 Å². The minimum atomic E-state index is -0.306. The van der Waals surface area contributed by atoms with E-state index in [0.29, 0.717) is 12.4 Å². The normalized spacial score (nSPS) is 11.4. The molecule has 1 aromatic heterocycles. The molecule has 3 nitrogen and oxygen atoms in total. The lowest BCUT2D eigenvalue weighted by atomic mass is 10.2. The van der Waals surface area contributed by atoms with E-state index in [-0.39, 0.29) is 11.6 Å². The van der Waals surface area contributed by atoms with E-state index < -0.39 is 0 Å². The third kappa shape index (κ3) is 3.94. The smallest absolute Gasteiger partial charge is 0.221 e. The maximum atomic E-state index is 13.0. The summed E-state index contributed by atoms with van der Waals surface area (Å²) in [4.78, 5) is 17.4. The molecule has 1 heterocycles. The summed E-state index contributed by atoms with van der Waals surface area (Å²) in [6.07, 6.45) is 3.15. The number of ketones is 1. The molecule has 0 spiro atoms. The van der Waals surface area contributed by atoms with Crippen LogP contribution in [0, 0.1) is 5.82 Å². The number of nitrogens with zero attached hydrogens (tertiary/aromatic N) is 2. The number of aromatic nitrogens is 2. The molecule has 3 aromatic carbocycles. The van der Waals surface area contributed by atoms with Crippen molar-refractivity contribution in [3.05, 3.63) is 106 Å². The third-order valence-electron chi connectivity index (χ3n) is 4.43. The average molecular weight is 435 g/mol. The number of imidazole rings is 1. The van der Waals surface area contributed by atoms with Gasteiger partial charge in [-0.25, -0.2) is 9.37 Å². The minimum Gasteiger partial charge on any atom is -0.317 e. The second-order valence-corrected chi connectivity index (χ2v) is 7.30. The summed E-state index contributed by atoms with van der Waals surface area (Å²) in [6.45, 7) is 0.541. The Bertz CT molecular complexity index is 1160. The first-order chi connectivity index (χ1) is 13.6. The highest BCUT2D eigenvalue weighted by atomic mass is 79.9. The molecule has 4 aromatic rings. The Kier molecular flexibility index (Phi) is 5.17. The van der Waals surface area contributed by atoms with Crippen molar-refractivity contribution < 1.29 is 9.18 Å². The predicted molar refractivity (Wildman–Crippen MR) is 113 cm³/mol. The van der Waals surface area contributed by atoms with Crippen LogP contribution in [0.3, 0.4) is 0 Å². The van der Waals surface area contributed by atoms with Gasteiger partial charge in [0, 0.05) is 11.0 Å². The Morgan fingerprint density at radius 1 is 1.00 bits per heavy atom. The molecule has 0 saturated carbocycles. The van der Waals surface area contributed by atoms with Crippen LogP contribution in [0.1, 0.15) is 21.7 Å². The number of carbonyl (C=O) groups is 1. The van der Waals surface area contributed by atoms with Gasteiger partial charge in [0.05, 0.1) is 11.0 Å². The Balaban J connectivity index is 1.70. The third-order valence-corrected chi connectivity index (χ3v) is 4.95. The first-order valence-electron chi connectivity index (χ1n) is 8.78. The number of hydrogen-bond acceptors (Lipinski definition) is 2. The topological polar surface area (TPSA) is 34.9 Å². The number of allylic oxidation sites excluding steroid dienone is 1. The lowest BCUT2D eigenvalue weighted by Crippen LogP contribution is -2.09. The van der Waals surface area contributed by atoms with Gasteiger partial charge in [0.1, 0.15) is 5.82 Å². The second-order valence-electron chi connectivity index (χ2n) is 6.39. The van der Waals surface area contributed by atoms with Gasteiger partial charge in [0.15, 0.2) is 5.82 Å². The zero-order chi connectivity index (χ0) is 19.5. The average Bonchev–Trinajstić information content (AvgIpc) is 3.08. The minimum absolute atomic E-state index is 0.197. The van der Waals surface area contributed by atoms with E-state index in [2.05, 4.69) is 20.9 Å². The highest BCUT2D eigenvalue weighted by Crippen LogP contribution is 2.20. The van der Waals surface area contributed by atoms with Gasteiger partial charge < -0.3 is 4.57 Å². The van der Waals surface area contributed by atoms with Crippen LogP contribution in [0.15, 0.2) is 83.3 Å². The summed E-state index contributed by atoms with van der Waals surface area (Å²) >= 11 is 3.44. The van der Waals surface area contributed by atoms with Gasteiger partial charge in [-0.1, -0.05) is 58.4 Å². The zero-order valence-corrected chi connectivity index (χ0v) is 16.4. The summed E-state index contributed by atoms with van der Waals surface area (Å²) in [5.41, 5.74) is 3.51. The lowest BCUT2D eigenvalue weighted by Gasteiger charge is -2.08. The highest BCUT2D eigenvalue weighted by molar-refractivity contribution is 9.10. The van der Waals surface area contributed by atoms with Crippen molar-refractivity contribution in [2.75, 3.05) is 0 Å². The van der Waals surface area contributed by atoms with Gasteiger partial charge in [-0.2, -0.15) is 0 Å². The fourth-order valence-electron chi connectivity index (χ4n) is 3.02. The SMILES string of the molecule is O=C(/C=C/c1ccc(F)cc1)c1nc2ccccc2n1Cc1ccc(Br)cc1. The molecule has 0 saturated heterocycles. The zero-order valence-electron chi connectivity index (χ0n) is 14.8. The molecule has 0 fully saturated rings. The molecular formula is C23H16BrFN2O. The van der Waals surface area contributed by atoms with Crippen LogP contribution in [0.25, 0.3) is 17.1 Å². The Morgan fingerprint density at radius 3 is 2.46 bits per heavy atom. The van der Waals surface area contributed by atoms with Crippen molar-refractivity contribution >= 4 is 38.8 Å². The maximum Gasteiger partial charge on any atom is 0.221 e. The van der Waals surface area contributed by atoms with E-state index in [1.54, 1.807) is 18.2 Å². The molecule has 5 heteroatoms. The fraction of sp³-hybridized carbons (Fsp3) is 0.0435. The largest absolute Gasteiger partial charge is 0.317 e. The molecule has 138 valence electrons. The molecule has 28 heavy (non-hydrogen) atoms. The van der Waals surface area contributed by atoms with E-state index in [1.807, 2.05) is 53.1 Å². The molecule has 0 aliphatic rings. The van der Waals surface area contributed by atoms with Crippen LogP contribution in [0.4, 0.5) is 4.39 Å². The number of fused-ring (bicyclic) bond motifs is 1. The number of hydrogen-bond donors (Lipinski definition) is 0. The standard InChI is InChI=1S/C23H16BrFN2O/c24-18-10-5-17(6-11-18)15-27-21-4-2-1-3-20(21)26-23(27)22(28)14-9-16-7-12-19(25)13-8-16/h1-14H,15H2/b14-9+. The molecule has 0 aliphatic heterocycles. The van der Waals surface area contributed by atoms with Gasteiger partial charge in [0.25, 0.3) is 0 Å². The van der Waals surface area contributed by atoms with Crippen molar-refractivity contribution in [2.24, 2.45) is 0 Å². The van der Waals surface area contributed by atoms with E-state index in [0.717, 1.165) is 26.6 Å². The monoisotopic (exact) mass is 434 g/mol. The highest BCUT2D eigenvalue weighted by Gasteiger charge is 2.15. The first-order valence-corrected chi connectivity index (χ1v) is 9.57. The molecule has 0 radical (unpaired) electrons. The van der Waals surface area contributed by atoms with Crippen LogP contribution in [-0.2, 0) is 6.54 Å². The Morgan fingerprint density at radius 2 is 1.71 bits per heavy atom. The van der Waals surface area contributed by atoms with Gasteiger partial charge in [0.2, 0.25) is 5.78 Å². The van der Waals surface area contributed by atoms with Gasteiger partial charge in [-0.3, -0.25) is 4.79 Å². The molecule has 0 atom stereocenters. The van der Waals surface area contributed by atoms with Gasteiger partial charge in [-0.15, -0.1) is 0 Å². The first kappa shape index (κ1) is 18.3. The quantitative estimate of drug-likeness (QED) is 0.290. The van der Waals surface area contributed by atoms with Crippen molar-refractivity contribution in [3.8, 4) is 0 Å². The van der Waals surface area contributed by atoms with Crippen LogP contribution >= 0.6 is 15.9 Å². The molecule has 0 N–H and O–H groups in total. The van der Waals surface area contributed by atoms with Crippen LogP contribution in [0.2, 0.25) is 0 Å². The van der Waals surface area contributed by atoms with Crippen LogP contribution < -0.4 is 0 Å². The maximum absolute atomic E-state index is 13.0. The molecule has 0 bridgehead atoms. The lowest BCUT2D eigenvalue weighted by molar-refractivity contribution is 0.103. The van der Waals surface area contributed by atoms with Crippen molar-refractivity contribution in [3.63, 3.8) is 0 Å². The number of benzene rings is 3. The van der Waals surface area contributed by atoms with E-state index >= 15 is 0 Å². The molecule has 0 aliphatic carbocycles. The predicted octanol–water partition coefficient (Wildman–Crippen LogP) is 5.88. The van der Waals surface area contributed by atoms with Crippen LogP contribution in [-0.4, -0.2) is 15.3 Å². The number of rotatable bonds is 5. The van der Waals surface area contributed by atoms with E-state index in [4.69, 9.17) is 0 Å². The van der Waals surface area contributed by atoms with Crippen molar-refractivity contribution in [1.29, 1.82) is 0 Å². The summed E-state index contributed by atoms with van der Waals surface area (Å²) in [5.74, 6) is -0.125. The molecule has 4 rings (SSSR count). The van der Waals surface area contributed by atoms with E-state index in [9.17, 15) is 9.18 Å². The number of para-hydroxylation sites is 2. The summed E-state index contributed by atoms with van der Waals surface area (Å²) in [6, 6.07) is 21.7. The second kappa shape index (κ2) is 7.90. The van der Waals surface area contributed by atoms with Crippen LogP contribution in [0.5, 0.6) is 0 Å². The fourth-order valence-corrected chi connectivity index (χ4v) is 3.28. The Labute approximate surface area is 170 Å². The summed E-state index contributed by atoms with van der Waals surface area (Å²) in [5, 5.41) is 0. The van der Waals surface area contributed by atoms with E-state index in [1.165, 1.54) is 18.2 Å². The van der Waals surface area contributed by atoms with Gasteiger partial charge >= 0.3 is 0 Å². The number of carbonyl (C=O) groups excluding carboxylic acids is 1. The molecule has 0 amide bonds. The molecule has 0 unspecified atom stereocenters. The number of halogens is 2.